The van der Waals surface area contributed by atoms with Crippen LogP contribution < -0.4 is 10.5 Å². The van der Waals surface area contributed by atoms with Gasteiger partial charge in [0.05, 0.1) is 5.02 Å². The van der Waals surface area contributed by atoms with Gasteiger partial charge >= 0.3 is 0 Å². The van der Waals surface area contributed by atoms with E-state index in [1.807, 2.05) is 0 Å². The Morgan fingerprint density at radius 1 is 1.21 bits per heavy atom. The summed E-state index contributed by atoms with van der Waals surface area (Å²) in [5.74, 6) is 0.809. The second-order valence-electron chi connectivity index (χ2n) is 4.02. The molecular formula is C14H11ClFNOS. The van der Waals surface area contributed by atoms with Crippen molar-refractivity contribution in [2.75, 3.05) is 0 Å². The minimum atomic E-state index is -0.269. The van der Waals surface area contributed by atoms with E-state index in [1.54, 1.807) is 37.3 Å². The van der Waals surface area contributed by atoms with Gasteiger partial charge in [-0.1, -0.05) is 23.8 Å². The number of ether oxygens (including phenoxy) is 1. The lowest BCUT2D eigenvalue weighted by Crippen LogP contribution is -2.09. The Bertz CT molecular complexity index is 645. The van der Waals surface area contributed by atoms with Crippen molar-refractivity contribution in [2.24, 2.45) is 5.73 Å². The van der Waals surface area contributed by atoms with E-state index in [9.17, 15) is 4.39 Å². The molecule has 19 heavy (non-hydrogen) atoms. The number of rotatable bonds is 3. The van der Waals surface area contributed by atoms with Crippen molar-refractivity contribution >= 4 is 28.8 Å². The molecule has 5 heteroatoms. The van der Waals surface area contributed by atoms with Crippen molar-refractivity contribution in [3.05, 3.63) is 58.4 Å². The van der Waals surface area contributed by atoms with Crippen molar-refractivity contribution in [3.8, 4) is 11.5 Å². The molecule has 0 bridgehead atoms. The molecule has 2 aromatic rings. The fraction of sp³-hybridized carbons (Fsp3) is 0.0714. The number of thiocarbonyl (C=S) groups is 1. The van der Waals surface area contributed by atoms with E-state index in [2.05, 4.69) is 0 Å². The molecule has 0 aliphatic heterocycles. The maximum absolute atomic E-state index is 13.1. The van der Waals surface area contributed by atoms with Gasteiger partial charge in [-0.3, -0.25) is 0 Å². The van der Waals surface area contributed by atoms with E-state index in [1.165, 1.54) is 6.07 Å². The molecule has 2 aromatic carbocycles. The fourth-order valence-electron chi connectivity index (χ4n) is 1.58. The number of halogens is 2. The second-order valence-corrected chi connectivity index (χ2v) is 4.87. The average Bonchev–Trinajstić information content (AvgIpc) is 2.33. The third-order valence-electron chi connectivity index (χ3n) is 2.57. The quantitative estimate of drug-likeness (QED) is 0.861. The van der Waals surface area contributed by atoms with Crippen LogP contribution in [0.5, 0.6) is 11.5 Å². The Morgan fingerprint density at radius 2 is 1.84 bits per heavy atom. The number of benzene rings is 2. The molecule has 0 fully saturated rings. The van der Waals surface area contributed by atoms with E-state index >= 15 is 0 Å². The zero-order valence-electron chi connectivity index (χ0n) is 10.1. The van der Waals surface area contributed by atoms with Crippen LogP contribution in [-0.4, -0.2) is 4.99 Å². The van der Waals surface area contributed by atoms with E-state index in [4.69, 9.17) is 34.3 Å². The molecule has 0 heterocycles. The monoisotopic (exact) mass is 295 g/mol. The van der Waals surface area contributed by atoms with Crippen LogP contribution in [-0.2, 0) is 0 Å². The summed E-state index contributed by atoms with van der Waals surface area (Å²) < 4.78 is 18.7. The summed E-state index contributed by atoms with van der Waals surface area (Å²) in [5, 5.41) is 0.420. The Hall–Kier alpha value is -1.65. The molecule has 0 aromatic heterocycles. The van der Waals surface area contributed by atoms with Crippen LogP contribution in [0.15, 0.2) is 36.4 Å². The van der Waals surface area contributed by atoms with Crippen molar-refractivity contribution in [2.45, 2.75) is 6.92 Å². The molecule has 0 atom stereocenters. The van der Waals surface area contributed by atoms with Crippen molar-refractivity contribution in [1.29, 1.82) is 0 Å². The lowest BCUT2D eigenvalue weighted by atomic mass is 10.2. The average molecular weight is 296 g/mol. The smallest absolute Gasteiger partial charge is 0.128 e. The van der Waals surface area contributed by atoms with E-state index in [0.717, 1.165) is 0 Å². The number of hydrogen-bond donors (Lipinski definition) is 1. The summed E-state index contributed by atoms with van der Waals surface area (Å²) in [7, 11) is 0. The molecule has 0 amide bonds. The Balaban J connectivity index is 2.26. The van der Waals surface area contributed by atoms with Crippen LogP contribution in [0.1, 0.15) is 11.1 Å². The molecular weight excluding hydrogens is 285 g/mol. The maximum atomic E-state index is 13.1. The predicted octanol–water partition coefficient (Wildman–Crippen LogP) is 4.21. The SMILES string of the molecule is Cc1cc(Oc2ccc(C(N)=S)c(Cl)c2)ccc1F. The standard InChI is InChI=1S/C14H11ClFNOS/c1-8-6-9(3-5-13(8)16)18-10-2-4-11(14(17)19)12(15)7-10/h2-7H,1H3,(H2,17,19). The molecule has 0 unspecified atom stereocenters. The van der Waals surface area contributed by atoms with Crippen molar-refractivity contribution < 1.29 is 9.13 Å². The summed E-state index contributed by atoms with van der Waals surface area (Å²) >= 11 is 10.9. The van der Waals surface area contributed by atoms with Gasteiger partial charge < -0.3 is 10.5 Å². The first-order valence-corrected chi connectivity index (χ1v) is 6.29. The van der Waals surface area contributed by atoms with Crippen LogP contribution in [0.4, 0.5) is 4.39 Å². The molecule has 0 aliphatic carbocycles. The molecule has 0 saturated heterocycles. The largest absolute Gasteiger partial charge is 0.457 e. The number of aryl methyl sites for hydroxylation is 1. The minimum absolute atomic E-state index is 0.231. The van der Waals surface area contributed by atoms with E-state index in [-0.39, 0.29) is 10.8 Å². The zero-order chi connectivity index (χ0) is 14.0. The lowest BCUT2D eigenvalue weighted by Gasteiger charge is -2.09. The molecule has 2 nitrogen and oxygen atoms in total. The summed E-state index contributed by atoms with van der Waals surface area (Å²) in [4.78, 5) is 0.231. The van der Waals surface area contributed by atoms with Crippen molar-refractivity contribution in [1.82, 2.24) is 0 Å². The normalized spacial score (nSPS) is 10.3. The van der Waals surface area contributed by atoms with Crippen LogP contribution in [0.2, 0.25) is 5.02 Å². The Morgan fingerprint density at radius 3 is 2.42 bits per heavy atom. The first-order valence-electron chi connectivity index (χ1n) is 5.51. The van der Waals surface area contributed by atoms with E-state index < -0.39 is 0 Å². The van der Waals surface area contributed by atoms with Gasteiger partial charge in [-0.05, 0) is 42.8 Å². The van der Waals surface area contributed by atoms with E-state index in [0.29, 0.717) is 27.6 Å². The van der Waals surface area contributed by atoms with Gasteiger partial charge in [0.1, 0.15) is 22.3 Å². The van der Waals surface area contributed by atoms with Crippen LogP contribution in [0, 0.1) is 12.7 Å². The molecule has 0 saturated carbocycles. The van der Waals surface area contributed by atoms with Crippen LogP contribution >= 0.6 is 23.8 Å². The third kappa shape index (κ3) is 3.22. The first-order chi connectivity index (χ1) is 8.97. The second kappa shape index (κ2) is 5.55. The highest BCUT2D eigenvalue weighted by Gasteiger charge is 2.06. The highest BCUT2D eigenvalue weighted by Crippen LogP contribution is 2.27. The highest BCUT2D eigenvalue weighted by molar-refractivity contribution is 7.80. The lowest BCUT2D eigenvalue weighted by molar-refractivity contribution is 0.479. The van der Waals surface area contributed by atoms with Gasteiger partial charge in [-0.15, -0.1) is 0 Å². The zero-order valence-corrected chi connectivity index (χ0v) is 11.7. The minimum Gasteiger partial charge on any atom is -0.457 e. The molecule has 0 aliphatic rings. The fourth-order valence-corrected chi connectivity index (χ4v) is 2.08. The summed E-state index contributed by atoms with van der Waals surface area (Å²) in [6.07, 6.45) is 0. The van der Waals surface area contributed by atoms with Gasteiger partial charge in [0.15, 0.2) is 0 Å². The molecule has 0 radical (unpaired) electrons. The van der Waals surface area contributed by atoms with Gasteiger partial charge in [-0.25, -0.2) is 4.39 Å². The van der Waals surface area contributed by atoms with Gasteiger partial charge in [-0.2, -0.15) is 0 Å². The third-order valence-corrected chi connectivity index (χ3v) is 3.10. The predicted molar refractivity (Wildman–Crippen MR) is 78.6 cm³/mol. The Labute approximate surface area is 120 Å². The first kappa shape index (κ1) is 13.8. The maximum Gasteiger partial charge on any atom is 0.128 e. The van der Waals surface area contributed by atoms with Crippen LogP contribution in [0.3, 0.4) is 0 Å². The Kier molecular flexibility index (Phi) is 4.02. The number of hydrogen-bond acceptors (Lipinski definition) is 2. The number of nitrogens with two attached hydrogens (primary N) is 1. The van der Waals surface area contributed by atoms with Gasteiger partial charge in [0, 0.05) is 11.6 Å². The van der Waals surface area contributed by atoms with Crippen molar-refractivity contribution in [3.63, 3.8) is 0 Å². The summed E-state index contributed by atoms with van der Waals surface area (Å²) in [6, 6.07) is 9.54. The molecule has 98 valence electrons. The molecule has 2 rings (SSSR count). The molecule has 2 N–H and O–H groups in total. The topological polar surface area (TPSA) is 35.2 Å². The highest BCUT2D eigenvalue weighted by atomic mass is 35.5. The summed E-state index contributed by atoms with van der Waals surface area (Å²) in [6.45, 7) is 1.67. The van der Waals surface area contributed by atoms with Crippen LogP contribution in [0.25, 0.3) is 0 Å². The van der Waals surface area contributed by atoms with Gasteiger partial charge in [0.25, 0.3) is 0 Å². The van der Waals surface area contributed by atoms with Gasteiger partial charge in [0.2, 0.25) is 0 Å². The molecule has 0 spiro atoms. The summed E-state index contributed by atoms with van der Waals surface area (Å²) in [5.41, 5.74) is 6.63.